The van der Waals surface area contributed by atoms with Crippen molar-refractivity contribution >= 4 is 34.8 Å². The molecular weight excluding hydrogens is 390 g/mol. The number of anilines is 2. The second-order valence-electron chi connectivity index (χ2n) is 7.12. The Bertz CT molecular complexity index is 1080. The van der Waals surface area contributed by atoms with Gasteiger partial charge in [-0.3, -0.25) is 9.59 Å². The Morgan fingerprint density at radius 3 is 2.79 bits per heavy atom. The third-order valence-corrected chi connectivity index (χ3v) is 5.48. The number of benzene rings is 2. The molecule has 1 atom stereocenters. The molecule has 148 valence electrons. The number of nitrogens with one attached hydrogen (secondary N) is 1. The second-order valence-corrected chi connectivity index (χ2v) is 7.55. The van der Waals surface area contributed by atoms with Crippen molar-refractivity contribution in [2.24, 2.45) is 5.92 Å². The molecule has 1 fully saturated rings. The lowest BCUT2D eigenvalue weighted by Gasteiger charge is -2.20. The lowest BCUT2D eigenvalue weighted by Crippen LogP contribution is -2.29. The fourth-order valence-electron chi connectivity index (χ4n) is 3.52. The first-order chi connectivity index (χ1) is 13.9. The summed E-state index contributed by atoms with van der Waals surface area (Å²) in [5, 5.41) is 7.51. The molecule has 0 aliphatic carbocycles. The third kappa shape index (κ3) is 3.73. The minimum atomic E-state index is -0.454. The number of carbonyl (C=O) groups is 2. The van der Waals surface area contributed by atoms with E-state index >= 15 is 0 Å². The van der Waals surface area contributed by atoms with E-state index in [9.17, 15) is 9.59 Å². The van der Waals surface area contributed by atoms with E-state index in [-0.39, 0.29) is 18.2 Å². The van der Waals surface area contributed by atoms with Gasteiger partial charge in [-0.25, -0.2) is 9.67 Å². The van der Waals surface area contributed by atoms with Crippen LogP contribution in [0.15, 0.2) is 49.1 Å². The molecule has 0 bridgehead atoms. The van der Waals surface area contributed by atoms with Crippen LogP contribution in [0.2, 0.25) is 5.02 Å². The van der Waals surface area contributed by atoms with Crippen LogP contribution >= 0.6 is 11.6 Å². The lowest BCUT2D eigenvalue weighted by molar-refractivity contribution is -0.122. The van der Waals surface area contributed by atoms with E-state index in [1.165, 1.54) is 6.33 Å². The van der Waals surface area contributed by atoms with Crippen LogP contribution in [0.1, 0.15) is 17.5 Å². The summed E-state index contributed by atoms with van der Waals surface area (Å²) in [5.74, 6) is -0.735. The van der Waals surface area contributed by atoms with Crippen LogP contribution in [0.3, 0.4) is 0 Å². The van der Waals surface area contributed by atoms with E-state index in [1.807, 2.05) is 32.0 Å². The van der Waals surface area contributed by atoms with Crippen molar-refractivity contribution in [1.29, 1.82) is 0 Å². The summed E-state index contributed by atoms with van der Waals surface area (Å²) in [6.07, 6.45) is 3.12. The third-order valence-electron chi connectivity index (χ3n) is 5.24. The van der Waals surface area contributed by atoms with Crippen molar-refractivity contribution in [3.63, 3.8) is 0 Å². The van der Waals surface area contributed by atoms with Gasteiger partial charge in [0.1, 0.15) is 12.7 Å². The molecule has 2 aromatic carbocycles. The molecule has 8 heteroatoms. The Morgan fingerprint density at radius 1 is 1.21 bits per heavy atom. The minimum Gasteiger partial charge on any atom is -0.324 e. The quantitative estimate of drug-likeness (QED) is 0.714. The molecule has 1 aliphatic rings. The highest BCUT2D eigenvalue weighted by molar-refractivity contribution is 6.31. The van der Waals surface area contributed by atoms with Gasteiger partial charge in [0.2, 0.25) is 11.8 Å². The largest absolute Gasteiger partial charge is 0.324 e. The molecular formula is C21H20ClN5O2. The maximum atomic E-state index is 12.9. The normalized spacial score (nSPS) is 16.3. The average Bonchev–Trinajstić information content (AvgIpc) is 3.34. The van der Waals surface area contributed by atoms with Gasteiger partial charge in [0.25, 0.3) is 0 Å². The molecule has 7 nitrogen and oxygen atoms in total. The molecule has 1 aromatic heterocycles. The number of carbonyl (C=O) groups excluding carboxylic acids is 2. The Balaban J connectivity index is 1.55. The lowest BCUT2D eigenvalue weighted by atomic mass is 10.1. The number of hydrogen-bond donors (Lipinski definition) is 1. The molecule has 0 spiro atoms. The van der Waals surface area contributed by atoms with Gasteiger partial charge >= 0.3 is 0 Å². The maximum absolute atomic E-state index is 12.9. The number of halogens is 1. The molecule has 1 unspecified atom stereocenters. The van der Waals surface area contributed by atoms with Crippen LogP contribution in [-0.2, 0) is 9.59 Å². The van der Waals surface area contributed by atoms with E-state index in [0.29, 0.717) is 22.9 Å². The SMILES string of the molecule is Cc1cccc(N2CC(C(=O)Nc3cc(Cl)ccc3-n3cncn3)CC2=O)c1C. The predicted molar refractivity (Wildman–Crippen MR) is 111 cm³/mol. The fourth-order valence-corrected chi connectivity index (χ4v) is 3.69. The Labute approximate surface area is 173 Å². The first kappa shape index (κ1) is 19.1. The Kier molecular flexibility index (Phi) is 5.07. The molecule has 1 saturated heterocycles. The average molecular weight is 410 g/mol. The van der Waals surface area contributed by atoms with Crippen molar-refractivity contribution in [3.05, 3.63) is 65.2 Å². The van der Waals surface area contributed by atoms with Crippen molar-refractivity contribution in [2.45, 2.75) is 20.3 Å². The van der Waals surface area contributed by atoms with Crippen LogP contribution in [-0.4, -0.2) is 33.1 Å². The van der Waals surface area contributed by atoms with Gasteiger partial charge in [-0.1, -0.05) is 23.7 Å². The molecule has 1 aliphatic heterocycles. The van der Waals surface area contributed by atoms with Crippen LogP contribution < -0.4 is 10.2 Å². The molecule has 0 saturated carbocycles. The van der Waals surface area contributed by atoms with Crippen LogP contribution in [0.4, 0.5) is 11.4 Å². The predicted octanol–water partition coefficient (Wildman–Crippen LogP) is 3.53. The molecule has 29 heavy (non-hydrogen) atoms. The topological polar surface area (TPSA) is 80.1 Å². The summed E-state index contributed by atoms with van der Waals surface area (Å²) in [6, 6.07) is 11.0. The summed E-state index contributed by atoms with van der Waals surface area (Å²) in [7, 11) is 0. The second kappa shape index (κ2) is 7.67. The minimum absolute atomic E-state index is 0.0542. The van der Waals surface area contributed by atoms with Crippen molar-refractivity contribution < 1.29 is 9.59 Å². The van der Waals surface area contributed by atoms with Crippen molar-refractivity contribution in [2.75, 3.05) is 16.8 Å². The van der Waals surface area contributed by atoms with Gasteiger partial charge in [-0.05, 0) is 49.2 Å². The summed E-state index contributed by atoms with van der Waals surface area (Å²) in [4.78, 5) is 31.2. The monoisotopic (exact) mass is 409 g/mol. The van der Waals surface area contributed by atoms with Gasteiger partial charge in [-0.15, -0.1) is 0 Å². The van der Waals surface area contributed by atoms with E-state index in [4.69, 9.17) is 11.6 Å². The number of rotatable bonds is 4. The van der Waals surface area contributed by atoms with E-state index < -0.39 is 5.92 Å². The van der Waals surface area contributed by atoms with Gasteiger partial charge in [0.15, 0.2) is 0 Å². The summed E-state index contributed by atoms with van der Waals surface area (Å²) >= 11 is 6.12. The molecule has 1 N–H and O–H groups in total. The van der Waals surface area contributed by atoms with Crippen molar-refractivity contribution in [1.82, 2.24) is 14.8 Å². The number of nitrogens with zero attached hydrogens (tertiary/aromatic N) is 4. The zero-order chi connectivity index (χ0) is 20.5. The maximum Gasteiger partial charge on any atom is 0.229 e. The molecule has 3 aromatic rings. The number of hydrogen-bond acceptors (Lipinski definition) is 4. The number of amides is 2. The number of aryl methyl sites for hydroxylation is 1. The summed E-state index contributed by atoms with van der Waals surface area (Å²) in [6.45, 7) is 4.34. The zero-order valence-corrected chi connectivity index (χ0v) is 16.8. The van der Waals surface area contributed by atoms with E-state index in [1.54, 1.807) is 34.1 Å². The van der Waals surface area contributed by atoms with E-state index in [0.717, 1.165) is 16.8 Å². The number of aromatic nitrogens is 3. The smallest absolute Gasteiger partial charge is 0.229 e. The highest BCUT2D eigenvalue weighted by Gasteiger charge is 2.36. The van der Waals surface area contributed by atoms with Gasteiger partial charge in [0, 0.05) is 23.7 Å². The van der Waals surface area contributed by atoms with Crippen LogP contribution in [0, 0.1) is 19.8 Å². The Morgan fingerprint density at radius 2 is 2.03 bits per heavy atom. The van der Waals surface area contributed by atoms with E-state index in [2.05, 4.69) is 15.4 Å². The molecule has 2 amide bonds. The van der Waals surface area contributed by atoms with Gasteiger partial charge in [0.05, 0.1) is 17.3 Å². The first-order valence-electron chi connectivity index (χ1n) is 9.26. The fraction of sp³-hybridized carbons (Fsp3) is 0.238. The standard InChI is InChI=1S/C21H20ClN5O2/c1-13-4-3-5-18(14(13)2)26-10-15(8-20(26)28)21(29)25-17-9-16(22)6-7-19(17)27-12-23-11-24-27/h3-7,9,11-12,15H,8,10H2,1-2H3,(H,25,29). The molecule has 2 heterocycles. The zero-order valence-electron chi connectivity index (χ0n) is 16.1. The molecule has 0 radical (unpaired) electrons. The first-order valence-corrected chi connectivity index (χ1v) is 9.64. The highest BCUT2D eigenvalue weighted by Crippen LogP contribution is 2.31. The molecule has 4 rings (SSSR count). The highest BCUT2D eigenvalue weighted by atomic mass is 35.5. The van der Waals surface area contributed by atoms with Crippen LogP contribution in [0.25, 0.3) is 5.69 Å². The van der Waals surface area contributed by atoms with Crippen LogP contribution in [0.5, 0.6) is 0 Å². The summed E-state index contributed by atoms with van der Waals surface area (Å²) in [5.41, 5.74) is 4.18. The Hall–Kier alpha value is -3.19. The summed E-state index contributed by atoms with van der Waals surface area (Å²) < 4.78 is 1.55. The van der Waals surface area contributed by atoms with Crippen molar-refractivity contribution in [3.8, 4) is 5.69 Å². The van der Waals surface area contributed by atoms with Gasteiger partial charge < -0.3 is 10.2 Å². The van der Waals surface area contributed by atoms with Gasteiger partial charge in [-0.2, -0.15) is 5.10 Å².